The molecule has 118 valence electrons. The zero-order valence-electron chi connectivity index (χ0n) is 12.2. The number of benzene rings is 1. The summed E-state index contributed by atoms with van der Waals surface area (Å²) >= 11 is 4.86. The number of amides is 1. The van der Waals surface area contributed by atoms with Gasteiger partial charge in [-0.15, -0.1) is 11.3 Å². The normalized spacial score (nSPS) is 12.3. The van der Waals surface area contributed by atoms with Crippen molar-refractivity contribution in [2.24, 2.45) is 12.8 Å². The first kappa shape index (κ1) is 15.8. The Morgan fingerprint density at radius 3 is 2.57 bits per heavy atom. The minimum absolute atomic E-state index is 0.384. The van der Waals surface area contributed by atoms with Gasteiger partial charge in [0.05, 0.1) is 10.2 Å². The van der Waals surface area contributed by atoms with Crippen LogP contribution in [0.25, 0.3) is 10.2 Å². The Morgan fingerprint density at radius 2 is 1.96 bits per heavy atom. The number of nitrogens with two attached hydrogens (primary N) is 1. The molecule has 0 saturated carbocycles. The number of carbonyl (C=O) groups excluding carboxylic acids is 2. The third kappa shape index (κ3) is 3.02. The molecule has 0 aliphatic rings. The molecular weight excluding hydrogens is 380 g/mol. The SMILES string of the molecule is Cn1c(C(=O)OC(C(N)=O)c2ccc(Br)cc2)cc2sccc21. The number of thiophene rings is 1. The van der Waals surface area contributed by atoms with Gasteiger partial charge in [-0.05, 0) is 29.6 Å². The number of aryl methyl sites for hydroxylation is 1. The predicted molar refractivity (Wildman–Crippen MR) is 92.3 cm³/mol. The van der Waals surface area contributed by atoms with Crippen molar-refractivity contribution in [2.75, 3.05) is 0 Å². The second kappa shape index (κ2) is 6.17. The molecule has 1 unspecified atom stereocenters. The van der Waals surface area contributed by atoms with Gasteiger partial charge >= 0.3 is 5.97 Å². The molecule has 5 nitrogen and oxygen atoms in total. The number of nitrogens with zero attached hydrogens (tertiary/aromatic N) is 1. The lowest BCUT2D eigenvalue weighted by Crippen LogP contribution is -2.26. The monoisotopic (exact) mass is 392 g/mol. The number of primary amides is 1. The van der Waals surface area contributed by atoms with E-state index >= 15 is 0 Å². The van der Waals surface area contributed by atoms with Gasteiger partial charge < -0.3 is 15.0 Å². The van der Waals surface area contributed by atoms with Crippen molar-refractivity contribution in [3.63, 3.8) is 0 Å². The number of aromatic nitrogens is 1. The average Bonchev–Trinajstić information content (AvgIpc) is 3.09. The molecule has 0 spiro atoms. The molecule has 3 aromatic rings. The largest absolute Gasteiger partial charge is 0.443 e. The lowest BCUT2D eigenvalue weighted by Gasteiger charge is -2.15. The van der Waals surface area contributed by atoms with Crippen LogP contribution in [0, 0.1) is 0 Å². The molecule has 0 radical (unpaired) electrons. The van der Waals surface area contributed by atoms with E-state index in [1.165, 1.54) is 11.3 Å². The Morgan fingerprint density at radius 1 is 1.26 bits per heavy atom. The van der Waals surface area contributed by atoms with Gasteiger partial charge in [0.1, 0.15) is 5.69 Å². The standard InChI is InChI=1S/C16H13BrN2O3S/c1-19-11-6-7-23-13(11)8-12(19)16(21)22-14(15(18)20)9-2-4-10(17)5-3-9/h2-8,14H,1H3,(H2,18,20). The summed E-state index contributed by atoms with van der Waals surface area (Å²) in [5.41, 5.74) is 7.26. The van der Waals surface area contributed by atoms with Crippen LogP contribution in [0.1, 0.15) is 22.2 Å². The van der Waals surface area contributed by atoms with E-state index in [9.17, 15) is 9.59 Å². The zero-order chi connectivity index (χ0) is 16.6. The molecule has 0 aliphatic heterocycles. The maximum Gasteiger partial charge on any atom is 0.356 e. The Balaban J connectivity index is 1.89. The first-order chi connectivity index (χ1) is 11.0. The molecule has 2 heterocycles. The summed E-state index contributed by atoms with van der Waals surface area (Å²) in [4.78, 5) is 24.1. The Kier molecular flexibility index (Phi) is 4.23. The fourth-order valence-electron chi connectivity index (χ4n) is 2.34. The second-order valence-electron chi connectivity index (χ2n) is 5.00. The molecule has 0 bridgehead atoms. The molecule has 0 aliphatic carbocycles. The van der Waals surface area contributed by atoms with Crippen LogP contribution in [0.3, 0.4) is 0 Å². The van der Waals surface area contributed by atoms with Gasteiger partial charge in [0.2, 0.25) is 6.10 Å². The molecule has 0 fully saturated rings. The maximum absolute atomic E-state index is 12.4. The summed E-state index contributed by atoms with van der Waals surface area (Å²) in [6.45, 7) is 0. The number of rotatable bonds is 4. The third-order valence-electron chi connectivity index (χ3n) is 3.53. The first-order valence-corrected chi connectivity index (χ1v) is 8.43. The fraction of sp³-hybridized carbons (Fsp3) is 0.125. The minimum atomic E-state index is -1.12. The average molecular weight is 393 g/mol. The van der Waals surface area contributed by atoms with Gasteiger partial charge in [0, 0.05) is 17.1 Å². The lowest BCUT2D eigenvalue weighted by atomic mass is 10.1. The van der Waals surface area contributed by atoms with E-state index in [0.717, 1.165) is 14.7 Å². The first-order valence-electron chi connectivity index (χ1n) is 6.76. The number of esters is 1. The Labute approximate surface area is 144 Å². The zero-order valence-corrected chi connectivity index (χ0v) is 14.6. The van der Waals surface area contributed by atoms with Crippen molar-refractivity contribution < 1.29 is 14.3 Å². The van der Waals surface area contributed by atoms with Gasteiger partial charge in [-0.2, -0.15) is 0 Å². The number of carbonyl (C=O) groups is 2. The van der Waals surface area contributed by atoms with Crippen molar-refractivity contribution >= 4 is 49.4 Å². The van der Waals surface area contributed by atoms with Crippen molar-refractivity contribution in [3.8, 4) is 0 Å². The van der Waals surface area contributed by atoms with E-state index in [4.69, 9.17) is 10.5 Å². The number of ether oxygens (including phenoxy) is 1. The van der Waals surface area contributed by atoms with Gasteiger partial charge in [0.25, 0.3) is 5.91 Å². The van der Waals surface area contributed by atoms with Gasteiger partial charge in [-0.3, -0.25) is 4.79 Å². The smallest absolute Gasteiger partial charge is 0.356 e. The number of hydrogen-bond acceptors (Lipinski definition) is 4. The van der Waals surface area contributed by atoms with E-state index in [1.807, 2.05) is 11.4 Å². The minimum Gasteiger partial charge on any atom is -0.443 e. The second-order valence-corrected chi connectivity index (χ2v) is 6.86. The quantitative estimate of drug-likeness (QED) is 0.691. The van der Waals surface area contributed by atoms with E-state index in [0.29, 0.717) is 11.3 Å². The number of fused-ring (bicyclic) bond motifs is 1. The van der Waals surface area contributed by atoms with Crippen molar-refractivity contribution in [1.82, 2.24) is 4.57 Å². The molecule has 1 atom stereocenters. The van der Waals surface area contributed by atoms with E-state index in [-0.39, 0.29) is 0 Å². The number of halogens is 1. The molecule has 3 rings (SSSR count). The Bertz CT molecular complexity index is 883. The van der Waals surface area contributed by atoms with Crippen LogP contribution in [0.2, 0.25) is 0 Å². The van der Waals surface area contributed by atoms with Crippen LogP contribution >= 0.6 is 27.3 Å². The summed E-state index contributed by atoms with van der Waals surface area (Å²) in [6.07, 6.45) is -1.12. The highest BCUT2D eigenvalue weighted by atomic mass is 79.9. The summed E-state index contributed by atoms with van der Waals surface area (Å²) in [5, 5.41) is 1.95. The summed E-state index contributed by atoms with van der Waals surface area (Å²) in [5.74, 6) is -1.29. The van der Waals surface area contributed by atoms with Crippen LogP contribution in [-0.2, 0) is 16.6 Å². The van der Waals surface area contributed by atoms with Gasteiger partial charge in [-0.25, -0.2) is 4.79 Å². The van der Waals surface area contributed by atoms with Gasteiger partial charge in [0.15, 0.2) is 0 Å². The van der Waals surface area contributed by atoms with Crippen molar-refractivity contribution in [3.05, 3.63) is 57.5 Å². The van der Waals surface area contributed by atoms with Crippen molar-refractivity contribution in [1.29, 1.82) is 0 Å². The van der Waals surface area contributed by atoms with E-state index < -0.39 is 18.0 Å². The van der Waals surface area contributed by atoms with Crippen LogP contribution in [0.4, 0.5) is 0 Å². The Hall–Kier alpha value is -2.12. The van der Waals surface area contributed by atoms with Crippen LogP contribution in [0.15, 0.2) is 46.3 Å². The number of hydrogen-bond donors (Lipinski definition) is 1. The molecule has 0 saturated heterocycles. The lowest BCUT2D eigenvalue weighted by molar-refractivity contribution is -0.127. The molecule has 7 heteroatoms. The van der Waals surface area contributed by atoms with E-state index in [2.05, 4.69) is 15.9 Å². The highest BCUT2D eigenvalue weighted by Crippen LogP contribution is 2.26. The summed E-state index contributed by atoms with van der Waals surface area (Å²) in [7, 11) is 1.78. The van der Waals surface area contributed by atoms with Crippen LogP contribution < -0.4 is 5.73 Å². The summed E-state index contributed by atoms with van der Waals surface area (Å²) in [6, 6.07) is 10.6. The van der Waals surface area contributed by atoms with Crippen LogP contribution in [-0.4, -0.2) is 16.4 Å². The maximum atomic E-state index is 12.4. The third-order valence-corrected chi connectivity index (χ3v) is 4.91. The topological polar surface area (TPSA) is 74.3 Å². The molecular formula is C16H13BrN2O3S. The summed E-state index contributed by atoms with van der Waals surface area (Å²) < 4.78 is 8.95. The highest BCUT2D eigenvalue weighted by molar-refractivity contribution is 9.10. The fourth-order valence-corrected chi connectivity index (χ4v) is 3.45. The molecule has 1 amide bonds. The van der Waals surface area contributed by atoms with Gasteiger partial charge in [-0.1, -0.05) is 28.1 Å². The predicted octanol–water partition coefficient (Wildman–Crippen LogP) is 3.39. The molecule has 23 heavy (non-hydrogen) atoms. The molecule has 2 N–H and O–H groups in total. The van der Waals surface area contributed by atoms with Crippen molar-refractivity contribution in [2.45, 2.75) is 6.10 Å². The molecule has 2 aromatic heterocycles. The highest BCUT2D eigenvalue weighted by Gasteiger charge is 2.25. The van der Waals surface area contributed by atoms with Crippen LogP contribution in [0.5, 0.6) is 0 Å². The van der Waals surface area contributed by atoms with E-state index in [1.54, 1.807) is 41.9 Å². The molecule has 1 aromatic carbocycles.